The molecule has 1 aromatic carbocycles. The van der Waals surface area contributed by atoms with Gasteiger partial charge in [-0.3, -0.25) is 0 Å². The summed E-state index contributed by atoms with van der Waals surface area (Å²) in [4.78, 5) is 10.9. The maximum absolute atomic E-state index is 10.9. The van der Waals surface area contributed by atoms with Crippen molar-refractivity contribution in [1.82, 2.24) is 0 Å². The van der Waals surface area contributed by atoms with E-state index in [-0.39, 0.29) is 0 Å². The molecule has 0 fully saturated rings. The predicted molar refractivity (Wildman–Crippen MR) is 56.8 cm³/mol. The van der Waals surface area contributed by atoms with Crippen molar-refractivity contribution in [3.8, 4) is 0 Å². The molecule has 0 radical (unpaired) electrons. The summed E-state index contributed by atoms with van der Waals surface area (Å²) in [5.74, 6) is -0.415. The summed E-state index contributed by atoms with van der Waals surface area (Å²) >= 11 is 0. The van der Waals surface area contributed by atoms with Gasteiger partial charge in [-0.2, -0.15) is 0 Å². The number of hydrogen-bond donors (Lipinski definition) is 1. The maximum Gasteiger partial charge on any atom is 0.335 e. The van der Waals surface area contributed by atoms with Crippen LogP contribution in [0, 0.1) is 6.92 Å². The topological polar surface area (TPSA) is 37.3 Å². The zero-order valence-electron chi connectivity index (χ0n) is 8.87. The monoisotopic (exact) mass is 192 g/mol. The highest BCUT2D eigenvalue weighted by atomic mass is 16.4. The van der Waals surface area contributed by atoms with Crippen molar-refractivity contribution < 1.29 is 9.90 Å². The van der Waals surface area contributed by atoms with Crippen molar-refractivity contribution in [3.63, 3.8) is 0 Å². The largest absolute Gasteiger partial charge is 0.478 e. The molecule has 1 rings (SSSR count). The molecule has 0 saturated carbocycles. The zero-order valence-corrected chi connectivity index (χ0v) is 8.87. The average molecular weight is 192 g/mol. The van der Waals surface area contributed by atoms with E-state index in [1.165, 1.54) is 0 Å². The van der Waals surface area contributed by atoms with Crippen LogP contribution in [0.25, 0.3) is 0 Å². The molecule has 2 heteroatoms. The van der Waals surface area contributed by atoms with Crippen LogP contribution >= 0.6 is 0 Å². The number of carbonyl (C=O) groups is 1. The lowest BCUT2D eigenvalue weighted by Gasteiger charge is -2.10. The number of benzene rings is 1. The minimum absolute atomic E-state index is 0.419. The van der Waals surface area contributed by atoms with Gasteiger partial charge >= 0.3 is 5.97 Å². The van der Waals surface area contributed by atoms with Gasteiger partial charge in [0.05, 0.1) is 5.56 Å². The number of carboxylic acids is 1. The quantitative estimate of drug-likeness (QED) is 0.798. The fourth-order valence-electron chi connectivity index (χ4n) is 1.41. The van der Waals surface area contributed by atoms with Crippen LogP contribution in [0.15, 0.2) is 18.2 Å². The Hall–Kier alpha value is -1.31. The van der Waals surface area contributed by atoms with E-state index in [1.807, 2.05) is 19.1 Å². The van der Waals surface area contributed by atoms with Crippen LogP contribution in [-0.2, 0) is 0 Å². The zero-order chi connectivity index (χ0) is 10.7. The smallest absolute Gasteiger partial charge is 0.335 e. The van der Waals surface area contributed by atoms with Gasteiger partial charge in [0.25, 0.3) is 0 Å². The molecule has 0 aliphatic heterocycles. The maximum atomic E-state index is 10.9. The highest BCUT2D eigenvalue weighted by Crippen LogP contribution is 2.21. The summed E-state index contributed by atoms with van der Waals surface area (Å²) in [6.07, 6.45) is 1.03. The Labute approximate surface area is 84.6 Å². The number of rotatable bonds is 3. The highest BCUT2D eigenvalue weighted by Gasteiger charge is 2.10. The molecule has 1 aromatic rings. The number of aromatic carboxylic acids is 1. The van der Waals surface area contributed by atoms with Crippen molar-refractivity contribution >= 4 is 5.97 Å². The van der Waals surface area contributed by atoms with Crippen molar-refractivity contribution in [2.75, 3.05) is 0 Å². The van der Waals surface area contributed by atoms with Crippen LogP contribution < -0.4 is 0 Å². The molecule has 0 bridgehead atoms. The van der Waals surface area contributed by atoms with Crippen LogP contribution in [0.1, 0.15) is 47.7 Å². The SMILES string of the molecule is CCC(C)c1ccc(C)c(C(=O)O)c1. The van der Waals surface area contributed by atoms with E-state index < -0.39 is 5.97 Å². The van der Waals surface area contributed by atoms with Crippen molar-refractivity contribution in [1.29, 1.82) is 0 Å². The first-order valence-corrected chi connectivity index (χ1v) is 4.90. The van der Waals surface area contributed by atoms with Gasteiger partial charge in [-0.25, -0.2) is 4.79 Å². The molecule has 0 spiro atoms. The lowest BCUT2D eigenvalue weighted by Crippen LogP contribution is -2.02. The van der Waals surface area contributed by atoms with E-state index >= 15 is 0 Å². The van der Waals surface area contributed by atoms with Gasteiger partial charge in [0.15, 0.2) is 0 Å². The summed E-state index contributed by atoms with van der Waals surface area (Å²) in [5.41, 5.74) is 2.35. The van der Waals surface area contributed by atoms with E-state index in [2.05, 4.69) is 13.8 Å². The Morgan fingerprint density at radius 3 is 2.64 bits per heavy atom. The van der Waals surface area contributed by atoms with Gasteiger partial charge in [-0.15, -0.1) is 0 Å². The molecule has 0 heterocycles. The van der Waals surface area contributed by atoms with E-state index in [9.17, 15) is 4.79 Å². The number of hydrogen-bond acceptors (Lipinski definition) is 1. The Balaban J connectivity index is 3.12. The molecule has 1 unspecified atom stereocenters. The molecule has 0 amide bonds. The Morgan fingerprint density at radius 1 is 1.50 bits per heavy atom. The van der Waals surface area contributed by atoms with E-state index in [0.29, 0.717) is 11.5 Å². The third kappa shape index (κ3) is 2.13. The lowest BCUT2D eigenvalue weighted by atomic mass is 9.95. The van der Waals surface area contributed by atoms with Crippen molar-refractivity contribution in [3.05, 3.63) is 34.9 Å². The Kier molecular flexibility index (Phi) is 3.28. The van der Waals surface area contributed by atoms with E-state index in [0.717, 1.165) is 17.5 Å². The summed E-state index contributed by atoms with van der Waals surface area (Å²) in [6.45, 7) is 6.03. The van der Waals surface area contributed by atoms with E-state index in [1.54, 1.807) is 6.07 Å². The second-order valence-electron chi connectivity index (χ2n) is 3.69. The first-order chi connectivity index (χ1) is 6.56. The Bertz CT molecular complexity index is 342. The molecule has 0 aliphatic rings. The van der Waals surface area contributed by atoms with Crippen LogP contribution in [0.4, 0.5) is 0 Å². The predicted octanol–water partition coefficient (Wildman–Crippen LogP) is 3.21. The first kappa shape index (κ1) is 10.8. The fraction of sp³-hybridized carbons (Fsp3) is 0.417. The van der Waals surface area contributed by atoms with Gasteiger partial charge in [0, 0.05) is 0 Å². The summed E-state index contributed by atoms with van der Waals surface area (Å²) < 4.78 is 0. The van der Waals surface area contributed by atoms with E-state index in [4.69, 9.17) is 5.11 Å². The first-order valence-electron chi connectivity index (χ1n) is 4.90. The molecule has 14 heavy (non-hydrogen) atoms. The minimum Gasteiger partial charge on any atom is -0.478 e. The Morgan fingerprint density at radius 2 is 2.14 bits per heavy atom. The van der Waals surface area contributed by atoms with Gasteiger partial charge in [-0.05, 0) is 36.5 Å². The summed E-state index contributed by atoms with van der Waals surface area (Å²) in [5, 5.41) is 8.94. The third-order valence-electron chi connectivity index (χ3n) is 2.67. The number of carboxylic acid groups (broad SMARTS) is 1. The molecule has 0 saturated heterocycles. The molecule has 2 nitrogen and oxygen atoms in total. The standard InChI is InChI=1S/C12H16O2/c1-4-8(2)10-6-5-9(3)11(7-10)12(13)14/h5-8H,4H2,1-3H3,(H,13,14). The van der Waals surface area contributed by atoms with Crippen molar-refractivity contribution in [2.45, 2.75) is 33.1 Å². The molecule has 1 N–H and O–H groups in total. The second-order valence-corrected chi connectivity index (χ2v) is 3.69. The van der Waals surface area contributed by atoms with Crippen molar-refractivity contribution in [2.24, 2.45) is 0 Å². The molecule has 0 aliphatic carbocycles. The summed E-state index contributed by atoms with van der Waals surface area (Å²) in [7, 11) is 0. The van der Waals surface area contributed by atoms with Gasteiger partial charge < -0.3 is 5.11 Å². The van der Waals surface area contributed by atoms with Crippen LogP contribution in [0.2, 0.25) is 0 Å². The summed E-state index contributed by atoms with van der Waals surface area (Å²) in [6, 6.07) is 5.67. The molecular weight excluding hydrogens is 176 g/mol. The second kappa shape index (κ2) is 4.27. The molecular formula is C12H16O2. The van der Waals surface area contributed by atoms with Gasteiger partial charge in [0.1, 0.15) is 0 Å². The molecule has 0 aromatic heterocycles. The van der Waals surface area contributed by atoms with Crippen LogP contribution in [0.5, 0.6) is 0 Å². The lowest BCUT2D eigenvalue weighted by molar-refractivity contribution is 0.0696. The number of aryl methyl sites for hydroxylation is 1. The van der Waals surface area contributed by atoms with Gasteiger partial charge in [-0.1, -0.05) is 26.0 Å². The van der Waals surface area contributed by atoms with Crippen LogP contribution in [-0.4, -0.2) is 11.1 Å². The van der Waals surface area contributed by atoms with Gasteiger partial charge in [0.2, 0.25) is 0 Å². The normalized spacial score (nSPS) is 12.5. The van der Waals surface area contributed by atoms with Crippen LogP contribution in [0.3, 0.4) is 0 Å². The molecule has 1 atom stereocenters. The highest BCUT2D eigenvalue weighted by molar-refractivity contribution is 5.89. The third-order valence-corrected chi connectivity index (χ3v) is 2.67. The molecule has 76 valence electrons. The fourth-order valence-corrected chi connectivity index (χ4v) is 1.41. The average Bonchev–Trinajstić information content (AvgIpc) is 2.17. The minimum atomic E-state index is -0.840.